The van der Waals surface area contributed by atoms with Gasteiger partial charge in [0.1, 0.15) is 0 Å². The number of aromatic amines is 1. The SMILES string of the molecule is C=CC(=O)NC1CCCc2[nH]ncc21. The number of hydrogen-bond acceptors (Lipinski definition) is 2. The van der Waals surface area contributed by atoms with Gasteiger partial charge in [0, 0.05) is 11.3 Å². The van der Waals surface area contributed by atoms with E-state index >= 15 is 0 Å². The van der Waals surface area contributed by atoms with Gasteiger partial charge in [-0.15, -0.1) is 0 Å². The number of amides is 1. The number of fused-ring (bicyclic) bond motifs is 1. The van der Waals surface area contributed by atoms with Gasteiger partial charge in [-0.05, 0) is 25.3 Å². The van der Waals surface area contributed by atoms with Crippen LogP contribution in [0.25, 0.3) is 0 Å². The summed E-state index contributed by atoms with van der Waals surface area (Å²) >= 11 is 0. The van der Waals surface area contributed by atoms with E-state index in [0.717, 1.165) is 30.5 Å². The summed E-state index contributed by atoms with van der Waals surface area (Å²) in [6.45, 7) is 3.43. The summed E-state index contributed by atoms with van der Waals surface area (Å²) in [6, 6.07) is 0.1000. The first-order valence-corrected chi connectivity index (χ1v) is 4.76. The number of carbonyl (C=O) groups excluding carboxylic acids is 1. The predicted octanol–water partition coefficient (Wildman–Crippen LogP) is 1.09. The molecule has 0 aliphatic heterocycles. The second-order valence-corrected chi connectivity index (χ2v) is 3.46. The van der Waals surface area contributed by atoms with Crippen molar-refractivity contribution in [3.8, 4) is 0 Å². The fourth-order valence-electron chi connectivity index (χ4n) is 1.84. The van der Waals surface area contributed by atoms with Gasteiger partial charge in [0.2, 0.25) is 5.91 Å². The molecule has 4 heteroatoms. The molecular weight excluding hydrogens is 178 g/mol. The van der Waals surface area contributed by atoms with Crippen molar-refractivity contribution >= 4 is 5.91 Å². The van der Waals surface area contributed by atoms with E-state index in [9.17, 15) is 4.79 Å². The molecule has 0 spiro atoms. The third-order valence-corrected chi connectivity index (χ3v) is 2.55. The Balaban J connectivity index is 2.16. The zero-order valence-corrected chi connectivity index (χ0v) is 7.92. The summed E-state index contributed by atoms with van der Waals surface area (Å²) in [4.78, 5) is 11.2. The fraction of sp³-hybridized carbons (Fsp3) is 0.400. The van der Waals surface area contributed by atoms with E-state index in [2.05, 4.69) is 22.1 Å². The molecule has 1 aliphatic carbocycles. The Morgan fingerprint density at radius 3 is 3.43 bits per heavy atom. The minimum absolute atomic E-state index is 0.1000. The molecule has 1 aromatic heterocycles. The van der Waals surface area contributed by atoms with Gasteiger partial charge in [-0.3, -0.25) is 9.89 Å². The lowest BCUT2D eigenvalue weighted by molar-refractivity contribution is -0.117. The van der Waals surface area contributed by atoms with Crippen LogP contribution in [0.15, 0.2) is 18.9 Å². The van der Waals surface area contributed by atoms with Gasteiger partial charge in [-0.25, -0.2) is 0 Å². The number of carbonyl (C=O) groups is 1. The Hall–Kier alpha value is -1.58. The van der Waals surface area contributed by atoms with Crippen molar-refractivity contribution in [3.05, 3.63) is 30.1 Å². The molecule has 0 aromatic carbocycles. The van der Waals surface area contributed by atoms with E-state index in [4.69, 9.17) is 0 Å². The van der Waals surface area contributed by atoms with Crippen molar-refractivity contribution in [1.29, 1.82) is 0 Å². The molecule has 1 heterocycles. The maximum absolute atomic E-state index is 11.2. The molecule has 74 valence electrons. The summed E-state index contributed by atoms with van der Waals surface area (Å²) in [7, 11) is 0. The summed E-state index contributed by atoms with van der Waals surface area (Å²) in [5, 5.41) is 9.83. The van der Waals surface area contributed by atoms with Gasteiger partial charge in [0.15, 0.2) is 0 Å². The van der Waals surface area contributed by atoms with Crippen LogP contribution in [0.2, 0.25) is 0 Å². The minimum atomic E-state index is -0.121. The van der Waals surface area contributed by atoms with Gasteiger partial charge in [0.25, 0.3) is 0 Å². The average molecular weight is 191 g/mol. The lowest BCUT2D eigenvalue weighted by atomic mass is 9.93. The van der Waals surface area contributed by atoms with E-state index in [1.54, 1.807) is 6.20 Å². The van der Waals surface area contributed by atoms with Crippen LogP contribution < -0.4 is 5.32 Å². The molecule has 2 rings (SSSR count). The molecular formula is C10H13N3O. The molecule has 14 heavy (non-hydrogen) atoms. The van der Waals surface area contributed by atoms with E-state index in [0.29, 0.717) is 0 Å². The smallest absolute Gasteiger partial charge is 0.243 e. The fourth-order valence-corrected chi connectivity index (χ4v) is 1.84. The Bertz CT molecular complexity index is 356. The highest BCUT2D eigenvalue weighted by atomic mass is 16.1. The summed E-state index contributed by atoms with van der Waals surface area (Å²) in [5.41, 5.74) is 2.26. The van der Waals surface area contributed by atoms with E-state index < -0.39 is 0 Å². The zero-order chi connectivity index (χ0) is 9.97. The van der Waals surface area contributed by atoms with Gasteiger partial charge >= 0.3 is 0 Å². The number of hydrogen-bond donors (Lipinski definition) is 2. The number of H-pyrrole nitrogens is 1. The predicted molar refractivity (Wildman–Crippen MR) is 52.6 cm³/mol. The summed E-state index contributed by atoms with van der Waals surface area (Å²) in [6.07, 6.45) is 6.18. The number of rotatable bonds is 2. The van der Waals surface area contributed by atoms with Gasteiger partial charge in [0.05, 0.1) is 12.2 Å². The Labute approximate surface area is 82.4 Å². The lowest BCUT2D eigenvalue weighted by Gasteiger charge is -2.22. The Morgan fingerprint density at radius 1 is 1.79 bits per heavy atom. The van der Waals surface area contributed by atoms with Crippen molar-refractivity contribution in [2.24, 2.45) is 0 Å². The Kier molecular flexibility index (Phi) is 2.35. The second-order valence-electron chi connectivity index (χ2n) is 3.46. The third-order valence-electron chi connectivity index (χ3n) is 2.55. The van der Waals surface area contributed by atoms with Crippen LogP contribution >= 0.6 is 0 Å². The van der Waals surface area contributed by atoms with Crippen LogP contribution in [-0.2, 0) is 11.2 Å². The van der Waals surface area contributed by atoms with Crippen LogP contribution in [0.4, 0.5) is 0 Å². The highest BCUT2D eigenvalue weighted by Crippen LogP contribution is 2.27. The Morgan fingerprint density at radius 2 is 2.64 bits per heavy atom. The number of aryl methyl sites for hydroxylation is 1. The highest BCUT2D eigenvalue weighted by Gasteiger charge is 2.22. The maximum atomic E-state index is 11.2. The van der Waals surface area contributed by atoms with E-state index in [1.165, 1.54) is 6.08 Å². The molecule has 1 atom stereocenters. The van der Waals surface area contributed by atoms with Gasteiger partial charge in [-0.1, -0.05) is 6.58 Å². The minimum Gasteiger partial charge on any atom is -0.346 e. The standard InChI is InChI=1S/C10H13N3O/c1-2-10(14)12-8-4-3-5-9-7(8)6-11-13-9/h2,6,8H,1,3-5H2,(H,11,13)(H,12,14). The molecule has 2 N–H and O–H groups in total. The van der Waals surface area contributed by atoms with Crippen LogP contribution in [-0.4, -0.2) is 16.1 Å². The molecule has 0 saturated heterocycles. The van der Waals surface area contributed by atoms with Crippen molar-refractivity contribution in [2.45, 2.75) is 25.3 Å². The molecule has 0 radical (unpaired) electrons. The van der Waals surface area contributed by atoms with Gasteiger partial charge in [-0.2, -0.15) is 5.10 Å². The van der Waals surface area contributed by atoms with E-state index in [1.807, 2.05) is 0 Å². The molecule has 1 unspecified atom stereocenters. The summed E-state index contributed by atoms with van der Waals surface area (Å²) < 4.78 is 0. The quantitative estimate of drug-likeness (QED) is 0.687. The van der Waals surface area contributed by atoms with Crippen LogP contribution in [0, 0.1) is 0 Å². The van der Waals surface area contributed by atoms with Crippen molar-refractivity contribution in [1.82, 2.24) is 15.5 Å². The first-order chi connectivity index (χ1) is 6.81. The van der Waals surface area contributed by atoms with Crippen LogP contribution in [0.3, 0.4) is 0 Å². The molecule has 1 aliphatic rings. The highest BCUT2D eigenvalue weighted by molar-refractivity contribution is 5.87. The van der Waals surface area contributed by atoms with Crippen LogP contribution in [0.5, 0.6) is 0 Å². The molecule has 1 aromatic rings. The molecule has 0 saturated carbocycles. The lowest BCUT2D eigenvalue weighted by Crippen LogP contribution is -2.29. The number of nitrogens with zero attached hydrogens (tertiary/aromatic N) is 1. The van der Waals surface area contributed by atoms with Crippen molar-refractivity contribution < 1.29 is 4.79 Å². The first kappa shape index (κ1) is 8.99. The topological polar surface area (TPSA) is 57.8 Å². The molecule has 0 bridgehead atoms. The maximum Gasteiger partial charge on any atom is 0.243 e. The third kappa shape index (κ3) is 1.55. The second kappa shape index (κ2) is 3.65. The van der Waals surface area contributed by atoms with Crippen molar-refractivity contribution in [2.75, 3.05) is 0 Å². The average Bonchev–Trinajstić information content (AvgIpc) is 2.66. The molecule has 0 fully saturated rings. The van der Waals surface area contributed by atoms with E-state index in [-0.39, 0.29) is 11.9 Å². The van der Waals surface area contributed by atoms with Crippen LogP contribution in [0.1, 0.15) is 30.1 Å². The normalized spacial score (nSPS) is 19.9. The number of nitrogens with one attached hydrogen (secondary N) is 2. The van der Waals surface area contributed by atoms with Crippen molar-refractivity contribution in [3.63, 3.8) is 0 Å². The summed E-state index contributed by atoms with van der Waals surface area (Å²) in [5.74, 6) is -0.121. The first-order valence-electron chi connectivity index (χ1n) is 4.76. The zero-order valence-electron chi connectivity index (χ0n) is 7.92. The monoisotopic (exact) mass is 191 g/mol. The number of aromatic nitrogens is 2. The molecule has 4 nitrogen and oxygen atoms in total. The molecule has 1 amide bonds. The largest absolute Gasteiger partial charge is 0.346 e. The van der Waals surface area contributed by atoms with Gasteiger partial charge < -0.3 is 5.32 Å².